The molecule has 0 spiro atoms. The minimum absolute atomic E-state index is 0.205. The van der Waals surface area contributed by atoms with Gasteiger partial charge in [0.15, 0.2) is 0 Å². The second-order valence-electron chi connectivity index (χ2n) is 3.72. The van der Waals surface area contributed by atoms with Crippen LogP contribution in [-0.2, 0) is 0 Å². The van der Waals surface area contributed by atoms with Gasteiger partial charge in [-0.15, -0.1) is 0 Å². The van der Waals surface area contributed by atoms with Crippen LogP contribution in [0.3, 0.4) is 0 Å². The van der Waals surface area contributed by atoms with Crippen molar-refractivity contribution in [3.63, 3.8) is 0 Å². The van der Waals surface area contributed by atoms with E-state index in [1.807, 2.05) is 0 Å². The summed E-state index contributed by atoms with van der Waals surface area (Å²) in [6.45, 7) is 1.74. The Hall–Kier alpha value is -0.770. The van der Waals surface area contributed by atoms with Crippen molar-refractivity contribution in [2.75, 3.05) is 0 Å². The van der Waals surface area contributed by atoms with Gasteiger partial charge < -0.3 is 0 Å². The van der Waals surface area contributed by atoms with Crippen molar-refractivity contribution in [2.24, 2.45) is 0 Å². The third-order valence-electron chi connectivity index (χ3n) is 2.47. The van der Waals surface area contributed by atoms with E-state index in [4.69, 9.17) is 0 Å². The molecule has 0 aliphatic rings. The molecule has 1 heterocycles. The van der Waals surface area contributed by atoms with Gasteiger partial charge in [-0.1, -0.05) is 0 Å². The molecule has 0 atom stereocenters. The van der Waals surface area contributed by atoms with E-state index in [-0.39, 0.29) is 9.92 Å². The SMILES string of the molecule is Cc1ccccc1P(O)(O)(O)c1cccs1. The van der Waals surface area contributed by atoms with Gasteiger partial charge in [0.25, 0.3) is 0 Å². The molecule has 86 valence electrons. The van der Waals surface area contributed by atoms with Crippen LogP contribution in [-0.4, -0.2) is 14.7 Å². The monoisotopic (exact) mass is 256 g/mol. The van der Waals surface area contributed by atoms with Gasteiger partial charge in [-0.25, -0.2) is 0 Å². The van der Waals surface area contributed by atoms with Crippen molar-refractivity contribution in [1.29, 1.82) is 0 Å². The van der Waals surface area contributed by atoms with Gasteiger partial charge in [0.2, 0.25) is 0 Å². The van der Waals surface area contributed by atoms with Crippen molar-refractivity contribution in [3.05, 3.63) is 47.3 Å². The normalized spacial score (nSPS) is 14.4. The van der Waals surface area contributed by atoms with E-state index in [0.29, 0.717) is 5.56 Å². The molecule has 0 saturated carbocycles. The zero-order valence-electron chi connectivity index (χ0n) is 8.74. The Balaban J connectivity index is 2.66. The average Bonchev–Trinajstić information content (AvgIpc) is 2.70. The van der Waals surface area contributed by atoms with E-state index in [1.165, 1.54) is 6.07 Å². The van der Waals surface area contributed by atoms with Gasteiger partial charge in [0, 0.05) is 0 Å². The summed E-state index contributed by atoms with van der Waals surface area (Å²) in [5, 5.41) is 1.91. The molecular weight excluding hydrogens is 243 g/mol. The van der Waals surface area contributed by atoms with Crippen LogP contribution in [0.15, 0.2) is 41.8 Å². The molecule has 0 aliphatic carbocycles. The fraction of sp³-hybridized carbons (Fsp3) is 0.0909. The number of hydrogen-bond donors (Lipinski definition) is 3. The van der Waals surface area contributed by atoms with Crippen LogP contribution in [0.2, 0.25) is 0 Å². The molecule has 3 nitrogen and oxygen atoms in total. The summed E-state index contributed by atoms with van der Waals surface area (Å²) in [5.74, 6) is 0. The molecule has 0 amide bonds. The molecule has 1 aromatic heterocycles. The van der Waals surface area contributed by atoms with Crippen LogP contribution in [0.25, 0.3) is 0 Å². The summed E-state index contributed by atoms with van der Waals surface area (Å²) in [7, 11) is -4.91. The zero-order valence-corrected chi connectivity index (χ0v) is 10.4. The van der Waals surface area contributed by atoms with Crippen LogP contribution >= 0.6 is 18.6 Å². The van der Waals surface area contributed by atoms with Crippen LogP contribution in [0.1, 0.15) is 5.56 Å². The first kappa shape index (κ1) is 11.7. The van der Waals surface area contributed by atoms with E-state index in [0.717, 1.165) is 11.3 Å². The Kier molecular flexibility index (Phi) is 2.65. The Labute approximate surface area is 97.8 Å². The van der Waals surface area contributed by atoms with Crippen molar-refractivity contribution in [1.82, 2.24) is 0 Å². The Morgan fingerprint density at radius 1 is 1.00 bits per heavy atom. The maximum atomic E-state index is 10.2. The molecule has 16 heavy (non-hydrogen) atoms. The third-order valence-corrected chi connectivity index (χ3v) is 6.82. The van der Waals surface area contributed by atoms with E-state index >= 15 is 0 Å². The van der Waals surface area contributed by atoms with E-state index in [1.54, 1.807) is 42.6 Å². The van der Waals surface area contributed by atoms with Crippen molar-refractivity contribution >= 4 is 28.5 Å². The molecule has 5 heteroatoms. The van der Waals surface area contributed by atoms with Gasteiger partial charge in [-0.3, -0.25) is 0 Å². The van der Waals surface area contributed by atoms with Gasteiger partial charge in [-0.05, 0) is 0 Å². The molecule has 0 aliphatic heterocycles. The van der Waals surface area contributed by atoms with Gasteiger partial charge in [0.05, 0.1) is 0 Å². The first-order chi connectivity index (χ1) is 7.40. The van der Waals surface area contributed by atoms with Crippen LogP contribution in [0.4, 0.5) is 0 Å². The van der Waals surface area contributed by atoms with E-state index < -0.39 is 7.28 Å². The molecule has 0 bridgehead atoms. The van der Waals surface area contributed by atoms with Crippen molar-refractivity contribution < 1.29 is 14.7 Å². The van der Waals surface area contributed by atoms with Gasteiger partial charge in [0.1, 0.15) is 0 Å². The molecular formula is C11H13O3PS. The first-order valence-electron chi connectivity index (χ1n) is 4.77. The fourth-order valence-electron chi connectivity index (χ4n) is 1.65. The summed E-state index contributed by atoms with van der Waals surface area (Å²) in [6, 6.07) is 9.98. The minimum atomic E-state index is -4.91. The number of aryl methyl sites for hydroxylation is 1. The molecule has 2 rings (SSSR count). The quantitative estimate of drug-likeness (QED) is 0.709. The van der Waals surface area contributed by atoms with E-state index in [9.17, 15) is 14.7 Å². The number of thiophene rings is 1. The predicted molar refractivity (Wildman–Crippen MR) is 68.3 cm³/mol. The summed E-state index contributed by atoms with van der Waals surface area (Å²) >= 11 is 1.14. The molecule has 0 unspecified atom stereocenters. The number of benzene rings is 1. The van der Waals surface area contributed by atoms with Gasteiger partial charge in [-0.2, -0.15) is 0 Å². The van der Waals surface area contributed by atoms with Gasteiger partial charge >= 0.3 is 97.5 Å². The van der Waals surface area contributed by atoms with Crippen molar-refractivity contribution in [2.45, 2.75) is 6.92 Å². The van der Waals surface area contributed by atoms with Crippen LogP contribution in [0, 0.1) is 6.92 Å². The predicted octanol–water partition coefficient (Wildman–Crippen LogP) is 1.28. The standard InChI is InChI=1S/C11H13O3PS/c1-9-5-2-3-6-10(9)15(12,13,14)11-7-4-8-16-11/h2-8,12-14H,1H3. The summed E-state index contributed by atoms with van der Waals surface area (Å²) in [6.07, 6.45) is 0. The maximum absolute atomic E-state index is 10.2. The topological polar surface area (TPSA) is 60.7 Å². The Bertz CT molecular complexity index is 499. The van der Waals surface area contributed by atoms with Crippen LogP contribution in [0.5, 0.6) is 0 Å². The zero-order chi connectivity index (χ0) is 11.8. The number of rotatable bonds is 2. The molecule has 0 fully saturated rings. The summed E-state index contributed by atoms with van der Waals surface area (Å²) in [5.41, 5.74) is 0.668. The number of hydrogen-bond acceptors (Lipinski definition) is 4. The second-order valence-corrected chi connectivity index (χ2v) is 7.89. The average molecular weight is 256 g/mol. The molecule has 3 N–H and O–H groups in total. The Morgan fingerprint density at radius 3 is 2.25 bits per heavy atom. The summed E-state index contributed by atoms with van der Waals surface area (Å²) < 4.78 is 0.209. The van der Waals surface area contributed by atoms with E-state index in [2.05, 4.69) is 0 Å². The molecule has 0 radical (unpaired) electrons. The third kappa shape index (κ3) is 1.79. The molecule has 1 aromatic carbocycles. The van der Waals surface area contributed by atoms with Crippen LogP contribution < -0.4 is 9.92 Å². The Morgan fingerprint density at radius 2 is 1.69 bits per heavy atom. The molecule has 2 aromatic rings. The van der Waals surface area contributed by atoms with Crippen molar-refractivity contribution in [3.8, 4) is 0 Å². The summed E-state index contributed by atoms with van der Waals surface area (Å²) in [4.78, 5) is 30.7. The fourth-order valence-corrected chi connectivity index (χ4v) is 5.04. The second kappa shape index (κ2) is 3.62. The molecule has 0 saturated heterocycles. The first-order valence-corrected chi connectivity index (χ1v) is 7.74.